The predicted octanol–water partition coefficient (Wildman–Crippen LogP) is 3.04. The zero-order valence-corrected chi connectivity index (χ0v) is 14.9. The number of aryl methyl sites for hydroxylation is 1. The normalized spacial score (nSPS) is 12.5. The molecule has 0 fully saturated rings. The number of hydrogen-bond donors (Lipinski definition) is 1. The van der Waals surface area contributed by atoms with Crippen LogP contribution >= 0.6 is 11.3 Å². The molecule has 0 aliphatic carbocycles. The fraction of sp³-hybridized carbons (Fsp3) is 0.529. The number of nitrogens with zero attached hydrogens (tertiary/aromatic N) is 2. The molecule has 1 N–H and O–H groups in total. The summed E-state index contributed by atoms with van der Waals surface area (Å²) < 4.78 is 5.55. The van der Waals surface area contributed by atoms with Gasteiger partial charge in [-0.3, -0.25) is 9.69 Å². The standard InChI is InChI=1S/C17H25N3O2S/c1-4-17-19-13(12-23-17)10-16(21)18-11-14(20(5-2)6-3)15-8-7-9-22-15/h7-9,12,14H,4-6,10-11H2,1-3H3,(H,18,21)/t14-/m0/s1. The number of amides is 1. The summed E-state index contributed by atoms with van der Waals surface area (Å²) in [5.74, 6) is 0.887. The molecule has 2 rings (SSSR count). The minimum Gasteiger partial charge on any atom is -0.468 e. The molecule has 23 heavy (non-hydrogen) atoms. The fourth-order valence-corrected chi connectivity index (χ4v) is 3.33. The van der Waals surface area contributed by atoms with Crippen LogP contribution in [-0.2, 0) is 17.6 Å². The summed E-state index contributed by atoms with van der Waals surface area (Å²) in [4.78, 5) is 18.9. The lowest BCUT2D eigenvalue weighted by atomic mass is 10.1. The molecule has 5 nitrogen and oxygen atoms in total. The van der Waals surface area contributed by atoms with E-state index in [9.17, 15) is 4.79 Å². The second-order valence-corrected chi connectivity index (χ2v) is 6.26. The molecule has 2 aromatic rings. The average Bonchev–Trinajstić information content (AvgIpc) is 3.22. The van der Waals surface area contributed by atoms with Crippen molar-refractivity contribution in [3.8, 4) is 0 Å². The van der Waals surface area contributed by atoms with E-state index in [-0.39, 0.29) is 11.9 Å². The summed E-state index contributed by atoms with van der Waals surface area (Å²) in [7, 11) is 0. The molecule has 0 aliphatic rings. The Morgan fingerprint density at radius 1 is 1.39 bits per heavy atom. The number of hydrogen-bond acceptors (Lipinski definition) is 5. The van der Waals surface area contributed by atoms with E-state index in [2.05, 4.69) is 36.0 Å². The number of likely N-dealkylation sites (N-methyl/N-ethyl adjacent to an activating group) is 1. The van der Waals surface area contributed by atoms with Crippen LogP contribution in [0.2, 0.25) is 0 Å². The lowest BCUT2D eigenvalue weighted by molar-refractivity contribution is -0.120. The minimum atomic E-state index is 0.00154. The van der Waals surface area contributed by atoms with Gasteiger partial charge in [0.25, 0.3) is 0 Å². The summed E-state index contributed by atoms with van der Waals surface area (Å²) in [5, 5.41) is 6.06. The first-order valence-corrected chi connectivity index (χ1v) is 9.03. The molecule has 0 spiro atoms. The van der Waals surface area contributed by atoms with Crippen molar-refractivity contribution in [2.24, 2.45) is 0 Å². The molecule has 6 heteroatoms. The first kappa shape index (κ1) is 17.7. The van der Waals surface area contributed by atoms with Gasteiger partial charge in [0.15, 0.2) is 0 Å². The maximum Gasteiger partial charge on any atom is 0.226 e. The monoisotopic (exact) mass is 335 g/mol. The third-order valence-corrected chi connectivity index (χ3v) is 4.90. The highest BCUT2D eigenvalue weighted by molar-refractivity contribution is 7.09. The Hall–Kier alpha value is -1.66. The topological polar surface area (TPSA) is 58.4 Å². The van der Waals surface area contributed by atoms with Crippen LogP contribution in [0.15, 0.2) is 28.2 Å². The van der Waals surface area contributed by atoms with E-state index in [1.165, 1.54) is 0 Å². The van der Waals surface area contributed by atoms with E-state index in [0.717, 1.165) is 36.0 Å². The fourth-order valence-electron chi connectivity index (χ4n) is 2.58. The van der Waals surface area contributed by atoms with Gasteiger partial charge in [-0.2, -0.15) is 0 Å². The molecule has 126 valence electrons. The Labute approximate surface area is 141 Å². The Bertz CT molecular complexity index is 591. The Balaban J connectivity index is 1.93. The zero-order valence-electron chi connectivity index (χ0n) is 14.0. The van der Waals surface area contributed by atoms with Crippen molar-refractivity contribution in [3.05, 3.63) is 40.2 Å². The van der Waals surface area contributed by atoms with Gasteiger partial charge < -0.3 is 9.73 Å². The molecular formula is C17H25N3O2S. The summed E-state index contributed by atoms with van der Waals surface area (Å²) in [5.41, 5.74) is 0.849. The molecule has 0 bridgehead atoms. The average molecular weight is 335 g/mol. The molecule has 2 aromatic heterocycles. The molecule has 1 amide bonds. The van der Waals surface area contributed by atoms with Crippen molar-refractivity contribution in [3.63, 3.8) is 0 Å². The summed E-state index contributed by atoms with van der Waals surface area (Å²) in [6, 6.07) is 3.91. The Morgan fingerprint density at radius 3 is 2.74 bits per heavy atom. The first-order chi connectivity index (χ1) is 11.2. The highest BCUT2D eigenvalue weighted by atomic mass is 32.1. The van der Waals surface area contributed by atoms with Crippen LogP contribution in [0.25, 0.3) is 0 Å². The van der Waals surface area contributed by atoms with Crippen molar-refractivity contribution < 1.29 is 9.21 Å². The van der Waals surface area contributed by atoms with Crippen LogP contribution < -0.4 is 5.32 Å². The molecule has 0 aliphatic heterocycles. The van der Waals surface area contributed by atoms with Gasteiger partial charge in [-0.05, 0) is 31.6 Å². The Morgan fingerprint density at radius 2 is 2.17 bits per heavy atom. The van der Waals surface area contributed by atoms with Gasteiger partial charge in [-0.15, -0.1) is 11.3 Å². The van der Waals surface area contributed by atoms with Gasteiger partial charge in [0.1, 0.15) is 5.76 Å². The molecule has 0 radical (unpaired) electrons. The largest absolute Gasteiger partial charge is 0.468 e. The highest BCUT2D eigenvalue weighted by Gasteiger charge is 2.21. The SMILES string of the molecule is CCc1nc(CC(=O)NC[C@@H](c2ccco2)N(CC)CC)cs1. The highest BCUT2D eigenvalue weighted by Crippen LogP contribution is 2.20. The van der Waals surface area contributed by atoms with Crippen LogP contribution in [0.5, 0.6) is 0 Å². The van der Waals surface area contributed by atoms with Gasteiger partial charge in [0, 0.05) is 11.9 Å². The van der Waals surface area contributed by atoms with Gasteiger partial charge in [-0.25, -0.2) is 4.98 Å². The summed E-state index contributed by atoms with van der Waals surface area (Å²) >= 11 is 1.61. The second-order valence-electron chi connectivity index (χ2n) is 5.32. The van der Waals surface area contributed by atoms with E-state index in [0.29, 0.717) is 13.0 Å². The molecule has 0 unspecified atom stereocenters. The van der Waals surface area contributed by atoms with E-state index in [1.807, 2.05) is 17.5 Å². The molecular weight excluding hydrogens is 310 g/mol. The number of nitrogens with one attached hydrogen (secondary N) is 1. The Kier molecular flexibility index (Phi) is 6.80. The van der Waals surface area contributed by atoms with Gasteiger partial charge >= 0.3 is 0 Å². The lowest BCUT2D eigenvalue weighted by Crippen LogP contribution is -2.38. The van der Waals surface area contributed by atoms with Crippen LogP contribution in [0.4, 0.5) is 0 Å². The number of furan rings is 1. The quantitative estimate of drug-likeness (QED) is 0.765. The molecule has 2 heterocycles. The maximum atomic E-state index is 12.2. The van der Waals surface area contributed by atoms with Crippen molar-refractivity contribution in [2.45, 2.75) is 39.7 Å². The van der Waals surface area contributed by atoms with E-state index >= 15 is 0 Å². The number of aromatic nitrogens is 1. The minimum absolute atomic E-state index is 0.00154. The maximum absolute atomic E-state index is 12.2. The van der Waals surface area contributed by atoms with E-state index < -0.39 is 0 Å². The van der Waals surface area contributed by atoms with Crippen LogP contribution in [0.3, 0.4) is 0 Å². The van der Waals surface area contributed by atoms with Crippen LogP contribution in [0, 0.1) is 0 Å². The number of thiazole rings is 1. The van der Waals surface area contributed by atoms with Crippen molar-refractivity contribution in [1.29, 1.82) is 0 Å². The molecule has 0 saturated carbocycles. The first-order valence-electron chi connectivity index (χ1n) is 8.15. The summed E-state index contributed by atoms with van der Waals surface area (Å²) in [6.45, 7) is 8.65. The second kappa shape index (κ2) is 8.84. The summed E-state index contributed by atoms with van der Waals surface area (Å²) in [6.07, 6.45) is 2.92. The van der Waals surface area contributed by atoms with E-state index in [4.69, 9.17) is 4.42 Å². The smallest absolute Gasteiger partial charge is 0.226 e. The van der Waals surface area contributed by atoms with Crippen molar-refractivity contribution in [1.82, 2.24) is 15.2 Å². The van der Waals surface area contributed by atoms with Crippen LogP contribution in [0.1, 0.15) is 43.3 Å². The van der Waals surface area contributed by atoms with Crippen molar-refractivity contribution in [2.75, 3.05) is 19.6 Å². The zero-order chi connectivity index (χ0) is 16.7. The number of carbonyl (C=O) groups is 1. The van der Waals surface area contributed by atoms with Crippen molar-refractivity contribution >= 4 is 17.2 Å². The lowest BCUT2D eigenvalue weighted by Gasteiger charge is -2.28. The van der Waals surface area contributed by atoms with E-state index in [1.54, 1.807) is 17.6 Å². The predicted molar refractivity (Wildman–Crippen MR) is 92.6 cm³/mol. The number of carbonyl (C=O) groups excluding carboxylic acids is 1. The third kappa shape index (κ3) is 4.91. The van der Waals surface area contributed by atoms with Gasteiger partial charge in [0.05, 0.1) is 29.4 Å². The van der Waals surface area contributed by atoms with Crippen LogP contribution in [-0.4, -0.2) is 35.4 Å². The van der Waals surface area contributed by atoms with Gasteiger partial charge in [0.2, 0.25) is 5.91 Å². The molecule has 0 aromatic carbocycles. The number of rotatable bonds is 9. The third-order valence-electron chi connectivity index (χ3n) is 3.86. The molecule has 0 saturated heterocycles. The van der Waals surface area contributed by atoms with Gasteiger partial charge in [-0.1, -0.05) is 20.8 Å². The molecule has 1 atom stereocenters.